The van der Waals surface area contributed by atoms with Gasteiger partial charge in [0, 0.05) is 12.1 Å². The van der Waals surface area contributed by atoms with E-state index in [0.29, 0.717) is 5.56 Å². The fraction of sp³-hybridized carbons (Fsp3) is 0.348. The Morgan fingerprint density at radius 1 is 1.13 bits per heavy atom. The summed E-state index contributed by atoms with van der Waals surface area (Å²) in [6.45, 7) is 0.755. The number of aryl methyl sites for hydroxylation is 1. The fourth-order valence-corrected chi connectivity index (χ4v) is 5.59. The summed E-state index contributed by atoms with van der Waals surface area (Å²) in [6.07, 6.45) is 3.50. The lowest BCUT2D eigenvalue weighted by atomic mass is 9.70. The average Bonchev–Trinajstić information content (AvgIpc) is 3.10. The first-order valence-electron chi connectivity index (χ1n) is 10.3. The maximum atomic E-state index is 13.0. The van der Waals surface area contributed by atoms with Crippen LogP contribution in [0.4, 0.5) is 5.69 Å². The molecule has 0 radical (unpaired) electrons. The maximum absolute atomic E-state index is 13.0. The van der Waals surface area contributed by atoms with Crippen molar-refractivity contribution in [3.05, 3.63) is 64.7 Å². The number of hydrogen-bond donors (Lipinski definition) is 2. The van der Waals surface area contributed by atoms with Gasteiger partial charge in [0.25, 0.3) is 5.91 Å². The minimum Gasteiger partial charge on any atom is -0.356 e. The van der Waals surface area contributed by atoms with Crippen molar-refractivity contribution >= 4 is 46.3 Å². The van der Waals surface area contributed by atoms with Crippen LogP contribution in [-0.2, 0) is 22.4 Å². The van der Waals surface area contributed by atoms with Crippen LogP contribution in [0.25, 0.3) is 0 Å². The SMILES string of the molecule is O=C(NC1CC(=O)N(I)c2ccccc21)c1ccc2c(c1)CCC1(CCNC1=O)C2. The molecule has 1 spiro atoms. The number of benzene rings is 2. The molecule has 0 saturated carbocycles. The number of amides is 3. The van der Waals surface area contributed by atoms with Crippen molar-refractivity contribution < 1.29 is 14.4 Å². The van der Waals surface area contributed by atoms with E-state index >= 15 is 0 Å². The van der Waals surface area contributed by atoms with Gasteiger partial charge >= 0.3 is 0 Å². The highest BCUT2D eigenvalue weighted by molar-refractivity contribution is 14.1. The Balaban J connectivity index is 1.36. The molecule has 1 saturated heterocycles. The lowest BCUT2D eigenvalue weighted by Crippen LogP contribution is -2.38. The highest BCUT2D eigenvalue weighted by Gasteiger charge is 2.44. The number of hydrogen-bond acceptors (Lipinski definition) is 3. The minimum atomic E-state index is -0.339. The minimum absolute atomic E-state index is 0.0230. The van der Waals surface area contributed by atoms with Crippen LogP contribution in [0.15, 0.2) is 42.5 Å². The number of carbonyl (C=O) groups excluding carboxylic acids is 3. The Hall–Kier alpha value is -2.42. The van der Waals surface area contributed by atoms with Gasteiger partial charge in [0.2, 0.25) is 11.8 Å². The maximum Gasteiger partial charge on any atom is 0.251 e. The van der Waals surface area contributed by atoms with E-state index in [1.54, 1.807) is 3.11 Å². The van der Waals surface area contributed by atoms with Crippen LogP contribution in [0, 0.1) is 5.41 Å². The van der Waals surface area contributed by atoms with Crippen molar-refractivity contribution in [3.63, 3.8) is 0 Å². The second-order valence-corrected chi connectivity index (χ2v) is 9.37. The number of carbonyl (C=O) groups is 3. The molecule has 154 valence electrons. The first-order valence-corrected chi connectivity index (χ1v) is 11.2. The number of halogens is 1. The standard InChI is InChI=1S/C23H22IN3O3/c24-27-19-4-2-1-3-17(19)18(12-20(27)28)26-21(29)15-5-6-16-13-23(8-7-14(16)11-15)9-10-25-22(23)30/h1-6,11,18H,7-10,12-13H2,(H,25,30)(H,26,29). The van der Waals surface area contributed by atoms with Crippen molar-refractivity contribution in [2.45, 2.75) is 38.1 Å². The summed E-state index contributed by atoms with van der Waals surface area (Å²) >= 11 is 2.01. The molecule has 2 heterocycles. The van der Waals surface area contributed by atoms with E-state index in [2.05, 4.69) is 10.6 Å². The molecule has 2 atom stereocenters. The third-order valence-electron chi connectivity index (χ3n) is 6.67. The van der Waals surface area contributed by atoms with E-state index in [1.807, 2.05) is 65.3 Å². The van der Waals surface area contributed by atoms with E-state index in [1.165, 1.54) is 0 Å². The van der Waals surface area contributed by atoms with Gasteiger partial charge in [0.05, 0.1) is 46.4 Å². The number of nitrogens with one attached hydrogen (secondary N) is 2. The first-order chi connectivity index (χ1) is 14.5. The van der Waals surface area contributed by atoms with Crippen LogP contribution in [-0.4, -0.2) is 24.3 Å². The second-order valence-electron chi connectivity index (χ2n) is 8.41. The quantitative estimate of drug-likeness (QED) is 0.477. The van der Waals surface area contributed by atoms with E-state index in [-0.39, 0.29) is 35.6 Å². The van der Waals surface area contributed by atoms with Crippen molar-refractivity contribution in [1.29, 1.82) is 0 Å². The van der Waals surface area contributed by atoms with Crippen LogP contribution in [0.1, 0.15) is 52.4 Å². The molecule has 7 heteroatoms. The van der Waals surface area contributed by atoms with Crippen LogP contribution in [0.3, 0.4) is 0 Å². The zero-order valence-corrected chi connectivity index (χ0v) is 18.6. The zero-order chi connectivity index (χ0) is 20.9. The molecule has 5 rings (SSSR count). The van der Waals surface area contributed by atoms with Gasteiger partial charge in [-0.05, 0) is 60.6 Å². The molecule has 2 aliphatic heterocycles. The smallest absolute Gasteiger partial charge is 0.251 e. The molecule has 0 bridgehead atoms. The number of anilines is 1. The number of para-hydroxylation sites is 1. The summed E-state index contributed by atoms with van der Waals surface area (Å²) in [5, 5.41) is 6.02. The zero-order valence-electron chi connectivity index (χ0n) is 16.4. The molecule has 1 aliphatic carbocycles. The van der Waals surface area contributed by atoms with E-state index in [4.69, 9.17) is 0 Å². The molecule has 2 N–H and O–H groups in total. The van der Waals surface area contributed by atoms with Gasteiger partial charge in [-0.1, -0.05) is 24.3 Å². The normalized spacial score (nSPS) is 25.0. The predicted octanol–water partition coefficient (Wildman–Crippen LogP) is 3.24. The second kappa shape index (κ2) is 7.37. The van der Waals surface area contributed by atoms with Crippen LogP contribution in [0.5, 0.6) is 0 Å². The Morgan fingerprint density at radius 3 is 2.77 bits per heavy atom. The van der Waals surface area contributed by atoms with E-state index < -0.39 is 0 Å². The molecule has 2 unspecified atom stereocenters. The lowest BCUT2D eigenvalue weighted by molar-refractivity contribution is -0.128. The molecule has 2 aromatic rings. The summed E-state index contributed by atoms with van der Waals surface area (Å²) in [4.78, 5) is 37.7. The molecular formula is C23H22IN3O3. The molecule has 2 aromatic carbocycles. The Bertz CT molecular complexity index is 1070. The molecule has 1 fully saturated rings. The Kier molecular flexibility index (Phi) is 4.80. The van der Waals surface area contributed by atoms with Crippen molar-refractivity contribution in [1.82, 2.24) is 10.6 Å². The van der Waals surface area contributed by atoms with Gasteiger partial charge in [0.1, 0.15) is 0 Å². The summed E-state index contributed by atoms with van der Waals surface area (Å²) in [5.41, 5.74) is 4.41. The topological polar surface area (TPSA) is 78.5 Å². The first kappa shape index (κ1) is 19.5. The fourth-order valence-electron chi connectivity index (χ4n) is 4.95. The molecular weight excluding hydrogens is 493 g/mol. The van der Waals surface area contributed by atoms with Crippen LogP contribution < -0.4 is 13.7 Å². The summed E-state index contributed by atoms with van der Waals surface area (Å²) in [7, 11) is 0. The predicted molar refractivity (Wildman–Crippen MR) is 121 cm³/mol. The monoisotopic (exact) mass is 515 g/mol. The van der Waals surface area contributed by atoms with Crippen molar-refractivity contribution in [2.75, 3.05) is 9.66 Å². The van der Waals surface area contributed by atoms with Crippen LogP contribution in [0.2, 0.25) is 0 Å². The Labute approximate surface area is 188 Å². The van der Waals surface area contributed by atoms with Crippen molar-refractivity contribution in [2.24, 2.45) is 5.41 Å². The summed E-state index contributed by atoms with van der Waals surface area (Å²) < 4.78 is 1.61. The molecule has 6 nitrogen and oxygen atoms in total. The molecule has 3 aliphatic rings. The van der Waals surface area contributed by atoms with Gasteiger partial charge in [-0.2, -0.15) is 0 Å². The largest absolute Gasteiger partial charge is 0.356 e. The number of nitrogens with zero attached hydrogens (tertiary/aromatic N) is 1. The summed E-state index contributed by atoms with van der Waals surface area (Å²) in [6, 6.07) is 13.1. The van der Waals surface area contributed by atoms with Gasteiger partial charge < -0.3 is 10.6 Å². The molecule has 3 amide bonds. The Morgan fingerprint density at radius 2 is 1.97 bits per heavy atom. The van der Waals surface area contributed by atoms with E-state index in [0.717, 1.165) is 54.6 Å². The number of rotatable bonds is 2. The highest BCUT2D eigenvalue weighted by Crippen LogP contribution is 2.41. The number of fused-ring (bicyclic) bond motifs is 2. The molecule has 30 heavy (non-hydrogen) atoms. The third-order valence-corrected chi connectivity index (χ3v) is 7.73. The van der Waals surface area contributed by atoms with Gasteiger partial charge in [-0.15, -0.1) is 0 Å². The van der Waals surface area contributed by atoms with E-state index in [9.17, 15) is 14.4 Å². The average molecular weight is 515 g/mol. The lowest BCUT2D eigenvalue weighted by Gasteiger charge is -2.32. The van der Waals surface area contributed by atoms with Gasteiger partial charge in [0.15, 0.2) is 0 Å². The third kappa shape index (κ3) is 3.19. The summed E-state index contributed by atoms with van der Waals surface area (Å²) in [5.74, 6) is -0.0312. The highest BCUT2D eigenvalue weighted by atomic mass is 127. The van der Waals surface area contributed by atoms with Gasteiger partial charge in [-0.3, -0.25) is 17.5 Å². The van der Waals surface area contributed by atoms with Crippen molar-refractivity contribution in [3.8, 4) is 0 Å². The van der Waals surface area contributed by atoms with Gasteiger partial charge in [-0.25, -0.2) is 0 Å². The molecule has 0 aromatic heterocycles. The van der Waals surface area contributed by atoms with Crippen LogP contribution >= 0.6 is 22.9 Å².